The summed E-state index contributed by atoms with van der Waals surface area (Å²) < 4.78 is 1.26. The Morgan fingerprint density at radius 3 is 2.94 bits per heavy atom. The van der Waals surface area contributed by atoms with Crippen LogP contribution in [0.5, 0.6) is 0 Å². The lowest BCUT2D eigenvalue weighted by molar-refractivity contribution is 1.10. The molecule has 0 spiro atoms. The summed E-state index contributed by atoms with van der Waals surface area (Å²) >= 11 is 6.22. The molecule has 3 aromatic rings. The van der Waals surface area contributed by atoms with E-state index in [-0.39, 0.29) is 0 Å². The van der Waals surface area contributed by atoms with Crippen molar-refractivity contribution in [2.75, 3.05) is 0 Å². The highest BCUT2D eigenvalue weighted by atomic mass is 32.1. The number of nitrogens with zero attached hydrogens (tertiary/aromatic N) is 2. The van der Waals surface area contributed by atoms with E-state index < -0.39 is 0 Å². The van der Waals surface area contributed by atoms with Crippen LogP contribution in [0.3, 0.4) is 0 Å². The first-order valence-corrected chi connectivity index (χ1v) is 6.96. The van der Waals surface area contributed by atoms with Crippen LogP contribution in [0.1, 0.15) is 23.8 Å². The number of aromatic nitrogens is 2. The van der Waals surface area contributed by atoms with E-state index >= 15 is 0 Å². The molecule has 4 rings (SSSR count). The van der Waals surface area contributed by atoms with Gasteiger partial charge in [-0.25, -0.2) is 4.98 Å². The Bertz CT molecular complexity index is 729. The third-order valence-corrected chi connectivity index (χ3v) is 4.69. The van der Waals surface area contributed by atoms with E-state index in [0.717, 1.165) is 15.9 Å². The van der Waals surface area contributed by atoms with Gasteiger partial charge in [-0.1, -0.05) is 0 Å². The number of benzene rings is 1. The molecule has 0 unspecified atom stereocenters. The SMILES string of the molecule is Sc1ccc2ncc3nc(C4CC4)sc3c2c1. The zero-order valence-electron chi connectivity index (χ0n) is 9.05. The molecule has 0 radical (unpaired) electrons. The summed E-state index contributed by atoms with van der Waals surface area (Å²) in [7, 11) is 0. The van der Waals surface area contributed by atoms with Crippen molar-refractivity contribution < 1.29 is 0 Å². The van der Waals surface area contributed by atoms with Crippen molar-refractivity contribution >= 4 is 45.1 Å². The first-order valence-electron chi connectivity index (χ1n) is 5.69. The molecule has 2 nitrogen and oxygen atoms in total. The number of fused-ring (bicyclic) bond motifs is 3. The average Bonchev–Trinajstić information content (AvgIpc) is 3.08. The molecule has 0 amide bonds. The molecule has 84 valence electrons. The zero-order valence-corrected chi connectivity index (χ0v) is 10.8. The van der Waals surface area contributed by atoms with Crippen LogP contribution >= 0.6 is 24.0 Å². The van der Waals surface area contributed by atoms with Gasteiger partial charge in [-0.2, -0.15) is 0 Å². The smallest absolute Gasteiger partial charge is 0.100 e. The lowest BCUT2D eigenvalue weighted by Gasteiger charge is -1.98. The van der Waals surface area contributed by atoms with Crippen molar-refractivity contribution in [3.63, 3.8) is 0 Å². The van der Waals surface area contributed by atoms with Gasteiger partial charge in [0, 0.05) is 16.2 Å². The number of hydrogen-bond acceptors (Lipinski definition) is 4. The number of hydrogen-bond donors (Lipinski definition) is 1. The van der Waals surface area contributed by atoms with Crippen LogP contribution in [-0.2, 0) is 0 Å². The minimum absolute atomic E-state index is 0.710. The fourth-order valence-electron chi connectivity index (χ4n) is 2.08. The molecule has 0 aliphatic heterocycles. The Morgan fingerprint density at radius 1 is 1.24 bits per heavy atom. The van der Waals surface area contributed by atoms with E-state index in [4.69, 9.17) is 0 Å². The third-order valence-electron chi connectivity index (χ3n) is 3.15. The van der Waals surface area contributed by atoms with Crippen molar-refractivity contribution in [3.05, 3.63) is 29.4 Å². The number of pyridine rings is 1. The van der Waals surface area contributed by atoms with E-state index in [0.29, 0.717) is 5.92 Å². The van der Waals surface area contributed by atoms with Gasteiger partial charge >= 0.3 is 0 Å². The molecule has 0 atom stereocenters. The molecular weight excluding hydrogens is 248 g/mol. The third kappa shape index (κ3) is 1.55. The molecule has 0 N–H and O–H groups in total. The lowest BCUT2D eigenvalue weighted by atomic mass is 10.2. The Balaban J connectivity index is 2.10. The van der Waals surface area contributed by atoms with Crippen LogP contribution in [0, 0.1) is 0 Å². The van der Waals surface area contributed by atoms with Gasteiger partial charge < -0.3 is 0 Å². The molecule has 1 aliphatic carbocycles. The highest BCUT2D eigenvalue weighted by Crippen LogP contribution is 2.44. The van der Waals surface area contributed by atoms with Crippen molar-refractivity contribution in [3.8, 4) is 0 Å². The maximum atomic E-state index is 4.69. The highest BCUT2D eigenvalue weighted by Gasteiger charge is 2.27. The van der Waals surface area contributed by atoms with Crippen molar-refractivity contribution in [2.45, 2.75) is 23.7 Å². The van der Waals surface area contributed by atoms with Crippen LogP contribution in [0.2, 0.25) is 0 Å². The second kappa shape index (κ2) is 3.43. The summed E-state index contributed by atoms with van der Waals surface area (Å²) in [5.74, 6) is 0.710. The highest BCUT2D eigenvalue weighted by molar-refractivity contribution is 7.80. The van der Waals surface area contributed by atoms with Crippen LogP contribution in [0.25, 0.3) is 21.1 Å². The Morgan fingerprint density at radius 2 is 2.12 bits per heavy atom. The molecule has 0 saturated heterocycles. The topological polar surface area (TPSA) is 25.8 Å². The van der Waals surface area contributed by atoms with E-state index in [9.17, 15) is 0 Å². The molecule has 4 heteroatoms. The van der Waals surface area contributed by atoms with E-state index in [1.807, 2.05) is 29.7 Å². The molecule has 1 aromatic carbocycles. The van der Waals surface area contributed by atoms with Gasteiger partial charge in [-0.15, -0.1) is 24.0 Å². The van der Waals surface area contributed by atoms with Gasteiger partial charge in [0.25, 0.3) is 0 Å². The van der Waals surface area contributed by atoms with Gasteiger partial charge in [0.2, 0.25) is 0 Å². The molecule has 1 saturated carbocycles. The van der Waals surface area contributed by atoms with Gasteiger partial charge in [0.05, 0.1) is 21.4 Å². The maximum Gasteiger partial charge on any atom is 0.100 e. The molecular formula is C13H10N2S2. The summed E-state index contributed by atoms with van der Waals surface area (Å²) in [6, 6.07) is 6.09. The minimum atomic E-state index is 0.710. The fourth-order valence-corrected chi connectivity index (χ4v) is 3.52. The Kier molecular flexibility index (Phi) is 1.99. The number of thiazole rings is 1. The van der Waals surface area contributed by atoms with Gasteiger partial charge in [-0.05, 0) is 31.0 Å². The predicted molar refractivity (Wildman–Crippen MR) is 74.1 cm³/mol. The van der Waals surface area contributed by atoms with Crippen molar-refractivity contribution in [2.24, 2.45) is 0 Å². The Labute approximate surface area is 108 Å². The van der Waals surface area contributed by atoms with Crippen molar-refractivity contribution in [1.82, 2.24) is 9.97 Å². The summed E-state index contributed by atoms with van der Waals surface area (Å²) in [5, 5.41) is 2.46. The van der Waals surface area contributed by atoms with Crippen LogP contribution in [0.4, 0.5) is 0 Å². The summed E-state index contributed by atoms with van der Waals surface area (Å²) in [5.41, 5.74) is 2.06. The first kappa shape index (κ1) is 9.85. The first-order chi connectivity index (χ1) is 8.31. The van der Waals surface area contributed by atoms with Crippen molar-refractivity contribution in [1.29, 1.82) is 0 Å². The average molecular weight is 258 g/mol. The van der Waals surface area contributed by atoms with E-state index in [1.165, 1.54) is 27.9 Å². The zero-order chi connectivity index (χ0) is 11.4. The molecule has 1 fully saturated rings. The molecule has 1 aliphatic rings. The van der Waals surface area contributed by atoms with Crippen LogP contribution in [0.15, 0.2) is 29.3 Å². The van der Waals surface area contributed by atoms with Crippen LogP contribution in [-0.4, -0.2) is 9.97 Å². The minimum Gasteiger partial charge on any atom is -0.254 e. The largest absolute Gasteiger partial charge is 0.254 e. The van der Waals surface area contributed by atoms with Gasteiger partial charge in [0.1, 0.15) is 5.52 Å². The lowest BCUT2D eigenvalue weighted by Crippen LogP contribution is -1.80. The van der Waals surface area contributed by atoms with Gasteiger partial charge in [-0.3, -0.25) is 4.98 Å². The predicted octanol–water partition coefficient (Wildman–Crippen LogP) is 4.01. The molecule has 2 heterocycles. The number of rotatable bonds is 1. The quantitative estimate of drug-likeness (QED) is 0.667. The number of thiol groups is 1. The molecule has 0 bridgehead atoms. The van der Waals surface area contributed by atoms with Crippen LogP contribution < -0.4 is 0 Å². The normalized spacial score (nSPS) is 15.8. The summed E-state index contributed by atoms with van der Waals surface area (Å²) in [6.07, 6.45) is 4.48. The Hall–Kier alpha value is -1.13. The fraction of sp³-hybridized carbons (Fsp3) is 0.231. The monoisotopic (exact) mass is 258 g/mol. The molecule has 17 heavy (non-hydrogen) atoms. The van der Waals surface area contributed by atoms with E-state index in [2.05, 4.69) is 28.7 Å². The summed E-state index contributed by atoms with van der Waals surface area (Å²) in [6.45, 7) is 0. The summed E-state index contributed by atoms with van der Waals surface area (Å²) in [4.78, 5) is 10.1. The second-order valence-electron chi connectivity index (χ2n) is 4.50. The molecule has 2 aromatic heterocycles. The standard InChI is InChI=1S/C13H10N2S2/c16-8-3-4-10-9(5-8)12-11(6-14-10)15-13(17-12)7-1-2-7/h3-7,16H,1-2H2. The van der Waals surface area contributed by atoms with E-state index in [1.54, 1.807) is 0 Å². The second-order valence-corrected chi connectivity index (χ2v) is 6.05. The van der Waals surface area contributed by atoms with Gasteiger partial charge in [0.15, 0.2) is 0 Å². The maximum absolute atomic E-state index is 4.69.